The van der Waals surface area contributed by atoms with Crippen molar-refractivity contribution in [3.05, 3.63) is 53.7 Å². The Hall–Kier alpha value is -1.66. The number of nitrogens with two attached hydrogens (primary N) is 1. The zero-order valence-corrected chi connectivity index (χ0v) is 10.2. The lowest BCUT2D eigenvalue weighted by atomic mass is 10.3. The number of hydrogen-bond donors (Lipinski definition) is 2. The number of nitrogens with zero attached hydrogens (tertiary/aromatic N) is 1. The summed E-state index contributed by atoms with van der Waals surface area (Å²) in [5.74, 6) is 5.41. The van der Waals surface area contributed by atoms with Gasteiger partial charge in [-0.2, -0.15) is 0 Å². The summed E-state index contributed by atoms with van der Waals surface area (Å²) in [5, 5.41) is 0. The minimum absolute atomic E-state index is 0.266. The molecule has 3 N–H and O–H groups in total. The van der Waals surface area contributed by atoms with Crippen LogP contribution in [0.1, 0.15) is 5.56 Å². The second kappa shape index (κ2) is 5.79. The molecule has 2 rings (SSSR count). The number of anilines is 1. The van der Waals surface area contributed by atoms with E-state index >= 15 is 0 Å². The maximum atomic E-state index is 13.4. The van der Waals surface area contributed by atoms with Crippen molar-refractivity contribution in [3.63, 3.8) is 0 Å². The highest BCUT2D eigenvalue weighted by Gasteiger charge is 2.07. The Labute approximate surface area is 107 Å². The third-order valence-corrected chi connectivity index (χ3v) is 3.38. The highest BCUT2D eigenvalue weighted by molar-refractivity contribution is 7.98. The molecule has 18 heavy (non-hydrogen) atoms. The van der Waals surface area contributed by atoms with E-state index in [1.54, 1.807) is 12.3 Å². The number of halogens is 2. The van der Waals surface area contributed by atoms with Crippen LogP contribution in [0.5, 0.6) is 0 Å². The molecule has 0 saturated heterocycles. The second-order valence-corrected chi connectivity index (χ2v) is 4.54. The first kappa shape index (κ1) is 12.8. The molecule has 1 aromatic heterocycles. The minimum atomic E-state index is -0.456. The molecule has 6 heteroatoms. The van der Waals surface area contributed by atoms with Gasteiger partial charge in [0.2, 0.25) is 0 Å². The van der Waals surface area contributed by atoms with Crippen LogP contribution in [0.2, 0.25) is 0 Å². The van der Waals surface area contributed by atoms with Gasteiger partial charge in [-0.3, -0.25) is 0 Å². The maximum Gasteiger partial charge on any atom is 0.143 e. The van der Waals surface area contributed by atoms with Crippen LogP contribution < -0.4 is 11.3 Å². The summed E-state index contributed by atoms with van der Waals surface area (Å²) in [6, 6.07) is 6.97. The monoisotopic (exact) mass is 267 g/mol. The molecule has 0 aliphatic rings. The van der Waals surface area contributed by atoms with Crippen molar-refractivity contribution in [3.8, 4) is 0 Å². The molecule has 0 radical (unpaired) electrons. The summed E-state index contributed by atoms with van der Waals surface area (Å²) >= 11 is 1.19. The molecule has 0 bridgehead atoms. The van der Waals surface area contributed by atoms with Crippen molar-refractivity contribution >= 4 is 17.6 Å². The summed E-state index contributed by atoms with van der Waals surface area (Å²) in [4.78, 5) is 4.30. The van der Waals surface area contributed by atoms with Gasteiger partial charge in [0.15, 0.2) is 0 Å². The number of thioether (sulfide) groups is 1. The zero-order chi connectivity index (χ0) is 13.0. The standard InChI is InChI=1S/C12H11F2N3S/c13-9-3-4-10(14)11(6-9)18-7-8-2-1-5-16-12(8)17-15/h1-6H,7,15H2,(H,16,17). The maximum absolute atomic E-state index is 13.4. The third-order valence-electron chi connectivity index (χ3n) is 2.30. The smallest absolute Gasteiger partial charge is 0.143 e. The molecular formula is C12H11F2N3S. The number of hydrazine groups is 1. The van der Waals surface area contributed by atoms with E-state index in [0.717, 1.165) is 17.7 Å². The molecule has 1 heterocycles. The molecule has 0 aliphatic carbocycles. The zero-order valence-electron chi connectivity index (χ0n) is 9.36. The quantitative estimate of drug-likeness (QED) is 0.508. The predicted octanol–water partition coefficient (Wildman–Crippen LogP) is 2.94. The van der Waals surface area contributed by atoms with Crippen LogP contribution in [0, 0.1) is 11.6 Å². The fourth-order valence-corrected chi connectivity index (χ4v) is 2.37. The van der Waals surface area contributed by atoms with E-state index in [2.05, 4.69) is 10.4 Å². The molecule has 2 aromatic rings. The Balaban J connectivity index is 2.14. The van der Waals surface area contributed by atoms with Crippen molar-refractivity contribution in [1.82, 2.24) is 4.98 Å². The summed E-state index contributed by atoms with van der Waals surface area (Å²) in [6.45, 7) is 0. The molecular weight excluding hydrogens is 256 g/mol. The van der Waals surface area contributed by atoms with Gasteiger partial charge in [-0.1, -0.05) is 6.07 Å². The minimum Gasteiger partial charge on any atom is -0.308 e. The number of nitrogens with one attached hydrogen (secondary N) is 1. The van der Waals surface area contributed by atoms with Gasteiger partial charge in [0.1, 0.15) is 17.5 Å². The van der Waals surface area contributed by atoms with E-state index in [1.807, 2.05) is 6.07 Å². The average molecular weight is 267 g/mol. The van der Waals surface area contributed by atoms with E-state index < -0.39 is 11.6 Å². The lowest BCUT2D eigenvalue weighted by Gasteiger charge is -2.07. The summed E-state index contributed by atoms with van der Waals surface area (Å²) in [6.07, 6.45) is 1.60. The molecule has 0 aliphatic heterocycles. The Kier molecular flexibility index (Phi) is 4.11. The van der Waals surface area contributed by atoms with Crippen LogP contribution in [0.15, 0.2) is 41.4 Å². The summed E-state index contributed by atoms with van der Waals surface area (Å²) < 4.78 is 26.4. The number of aromatic nitrogens is 1. The predicted molar refractivity (Wildman–Crippen MR) is 68.0 cm³/mol. The molecule has 0 spiro atoms. The van der Waals surface area contributed by atoms with Gasteiger partial charge in [-0.25, -0.2) is 19.6 Å². The van der Waals surface area contributed by atoms with Crippen LogP contribution >= 0.6 is 11.8 Å². The number of nitrogen functional groups attached to an aromatic ring is 1. The fraction of sp³-hybridized carbons (Fsp3) is 0.0833. The first-order chi connectivity index (χ1) is 8.70. The topological polar surface area (TPSA) is 50.9 Å². The van der Waals surface area contributed by atoms with Crippen LogP contribution in [-0.2, 0) is 5.75 Å². The lowest BCUT2D eigenvalue weighted by Crippen LogP contribution is -2.10. The Morgan fingerprint density at radius 3 is 2.89 bits per heavy atom. The van der Waals surface area contributed by atoms with Crippen molar-refractivity contribution in [2.24, 2.45) is 5.84 Å². The Bertz CT molecular complexity index is 549. The van der Waals surface area contributed by atoms with E-state index in [4.69, 9.17) is 5.84 Å². The normalized spacial score (nSPS) is 10.4. The van der Waals surface area contributed by atoms with Crippen molar-refractivity contribution in [2.45, 2.75) is 10.6 Å². The first-order valence-electron chi connectivity index (χ1n) is 5.19. The molecule has 0 saturated carbocycles. The molecule has 1 aromatic carbocycles. The average Bonchev–Trinajstić information content (AvgIpc) is 2.40. The van der Waals surface area contributed by atoms with Crippen molar-refractivity contribution in [2.75, 3.05) is 5.43 Å². The number of hydrogen-bond acceptors (Lipinski definition) is 4. The van der Waals surface area contributed by atoms with Gasteiger partial charge in [0.05, 0.1) is 0 Å². The fourth-order valence-electron chi connectivity index (χ4n) is 1.43. The molecule has 3 nitrogen and oxygen atoms in total. The molecule has 94 valence electrons. The van der Waals surface area contributed by atoms with Gasteiger partial charge in [-0.15, -0.1) is 11.8 Å². The SMILES string of the molecule is NNc1ncccc1CSc1cc(F)ccc1F. The lowest BCUT2D eigenvalue weighted by molar-refractivity contribution is 0.577. The van der Waals surface area contributed by atoms with E-state index in [1.165, 1.54) is 17.8 Å². The van der Waals surface area contributed by atoms with Crippen molar-refractivity contribution in [1.29, 1.82) is 0 Å². The van der Waals surface area contributed by atoms with E-state index in [0.29, 0.717) is 11.6 Å². The van der Waals surface area contributed by atoms with Gasteiger partial charge < -0.3 is 5.43 Å². The molecule has 0 fully saturated rings. The van der Waals surface area contributed by atoms with Crippen molar-refractivity contribution < 1.29 is 8.78 Å². The largest absolute Gasteiger partial charge is 0.308 e. The van der Waals surface area contributed by atoms with Gasteiger partial charge in [0.25, 0.3) is 0 Å². The van der Waals surface area contributed by atoms with Gasteiger partial charge in [0, 0.05) is 22.4 Å². The van der Waals surface area contributed by atoms with Gasteiger partial charge >= 0.3 is 0 Å². The number of benzene rings is 1. The van der Waals surface area contributed by atoms with E-state index in [-0.39, 0.29) is 4.90 Å². The first-order valence-corrected chi connectivity index (χ1v) is 6.17. The highest BCUT2D eigenvalue weighted by Crippen LogP contribution is 2.27. The molecule has 0 unspecified atom stereocenters. The second-order valence-electron chi connectivity index (χ2n) is 3.52. The molecule has 0 amide bonds. The van der Waals surface area contributed by atoms with Gasteiger partial charge in [-0.05, 0) is 24.3 Å². The van der Waals surface area contributed by atoms with E-state index in [9.17, 15) is 8.78 Å². The van der Waals surface area contributed by atoms with Crippen LogP contribution in [0.4, 0.5) is 14.6 Å². The number of pyridine rings is 1. The highest BCUT2D eigenvalue weighted by atomic mass is 32.2. The molecule has 0 atom stereocenters. The Morgan fingerprint density at radius 2 is 2.11 bits per heavy atom. The number of rotatable bonds is 4. The third kappa shape index (κ3) is 2.96. The van der Waals surface area contributed by atoms with Crippen LogP contribution in [0.25, 0.3) is 0 Å². The van der Waals surface area contributed by atoms with Crippen LogP contribution in [-0.4, -0.2) is 4.98 Å². The summed E-state index contributed by atoms with van der Waals surface area (Å²) in [5.41, 5.74) is 3.29. The summed E-state index contributed by atoms with van der Waals surface area (Å²) in [7, 11) is 0. The Morgan fingerprint density at radius 1 is 1.28 bits per heavy atom. The van der Waals surface area contributed by atoms with Crippen LogP contribution in [0.3, 0.4) is 0 Å².